The predicted molar refractivity (Wildman–Crippen MR) is 118 cm³/mol. The van der Waals surface area contributed by atoms with Crippen molar-refractivity contribution in [3.8, 4) is 0 Å². The number of aromatic nitrogens is 3. The Morgan fingerprint density at radius 2 is 1.97 bits per heavy atom. The molecular weight excluding hydrogens is 378 g/mol. The van der Waals surface area contributed by atoms with Gasteiger partial charge in [-0.3, -0.25) is 10.0 Å². The molecule has 0 atom stereocenters. The summed E-state index contributed by atoms with van der Waals surface area (Å²) >= 11 is 0. The Morgan fingerprint density at radius 3 is 2.77 bits per heavy atom. The number of aryl methyl sites for hydroxylation is 1. The van der Waals surface area contributed by atoms with Gasteiger partial charge in [0.25, 0.3) is 0 Å². The number of anilines is 2. The number of hydrogen-bond acceptors (Lipinski definition) is 6. The average Bonchev–Trinajstić information content (AvgIpc) is 3.39. The Hall–Kier alpha value is -3.09. The molecule has 2 aromatic heterocycles. The van der Waals surface area contributed by atoms with Crippen molar-refractivity contribution in [2.24, 2.45) is 5.92 Å². The van der Waals surface area contributed by atoms with Crippen molar-refractivity contribution in [3.63, 3.8) is 0 Å². The van der Waals surface area contributed by atoms with Gasteiger partial charge in [0.2, 0.25) is 0 Å². The number of ether oxygens (including phenoxy) is 1. The predicted octanol–water partition coefficient (Wildman–Crippen LogP) is 4.13. The zero-order valence-corrected chi connectivity index (χ0v) is 17.9. The number of esters is 1. The van der Waals surface area contributed by atoms with Crippen molar-refractivity contribution < 1.29 is 9.53 Å². The van der Waals surface area contributed by atoms with Gasteiger partial charge >= 0.3 is 5.97 Å². The van der Waals surface area contributed by atoms with Crippen LogP contribution in [0.25, 0.3) is 5.65 Å². The third kappa shape index (κ3) is 3.97. The second-order valence-corrected chi connectivity index (χ2v) is 7.99. The molecule has 7 nitrogen and oxygen atoms in total. The standard InChI is InChI=1S/C23H29N5O2/c1-4-30-23(29)19-16-24-26-15-12-21(25-22(19)26)28-14-7-13-27(28)20-9-6-5-8-18(20)11-10-17(2)3/h5-6,8-9,12,15-17H,4,7,10-11,13-14H2,1-3H3. The van der Waals surface area contributed by atoms with Crippen LogP contribution in [0, 0.1) is 5.92 Å². The summed E-state index contributed by atoms with van der Waals surface area (Å²) in [4.78, 5) is 17.1. The van der Waals surface area contributed by atoms with E-state index in [9.17, 15) is 4.79 Å². The third-order valence-corrected chi connectivity index (χ3v) is 5.41. The number of para-hydroxylation sites is 1. The molecule has 1 aliphatic heterocycles. The summed E-state index contributed by atoms with van der Waals surface area (Å²) in [6.07, 6.45) is 6.64. The summed E-state index contributed by atoms with van der Waals surface area (Å²) in [5, 5.41) is 8.76. The Bertz CT molecular complexity index is 1030. The van der Waals surface area contributed by atoms with Crippen LogP contribution in [0.1, 0.15) is 49.5 Å². The van der Waals surface area contributed by atoms with E-state index in [2.05, 4.69) is 53.2 Å². The first kappa shape index (κ1) is 20.2. The zero-order valence-electron chi connectivity index (χ0n) is 17.9. The first-order valence-corrected chi connectivity index (χ1v) is 10.7. The number of fused-ring (bicyclic) bond motifs is 1. The number of carbonyl (C=O) groups excluding carboxylic acids is 1. The summed E-state index contributed by atoms with van der Waals surface area (Å²) in [5.41, 5.74) is 3.50. The highest BCUT2D eigenvalue weighted by Gasteiger charge is 2.26. The van der Waals surface area contributed by atoms with E-state index < -0.39 is 5.97 Å². The van der Waals surface area contributed by atoms with Gasteiger partial charge in [0.15, 0.2) is 11.5 Å². The van der Waals surface area contributed by atoms with Gasteiger partial charge < -0.3 is 4.74 Å². The summed E-state index contributed by atoms with van der Waals surface area (Å²) in [5.74, 6) is 1.08. The van der Waals surface area contributed by atoms with E-state index in [0.717, 1.165) is 38.2 Å². The van der Waals surface area contributed by atoms with Gasteiger partial charge in [-0.2, -0.15) is 5.10 Å². The van der Waals surface area contributed by atoms with Gasteiger partial charge in [-0.05, 0) is 43.7 Å². The molecule has 30 heavy (non-hydrogen) atoms. The second kappa shape index (κ2) is 8.73. The molecule has 0 bridgehead atoms. The number of rotatable bonds is 7. The molecule has 1 aliphatic rings. The molecule has 7 heteroatoms. The zero-order chi connectivity index (χ0) is 21.1. The molecule has 0 spiro atoms. The van der Waals surface area contributed by atoms with E-state index in [0.29, 0.717) is 23.7 Å². The largest absolute Gasteiger partial charge is 0.462 e. The van der Waals surface area contributed by atoms with Crippen molar-refractivity contribution >= 4 is 23.1 Å². The van der Waals surface area contributed by atoms with E-state index in [1.54, 1.807) is 11.4 Å². The SMILES string of the molecule is CCOC(=O)c1cnn2ccc(N3CCCN3c3ccccc3CCC(C)C)nc12. The highest BCUT2D eigenvalue weighted by atomic mass is 16.5. The van der Waals surface area contributed by atoms with Crippen molar-refractivity contribution in [1.29, 1.82) is 0 Å². The lowest BCUT2D eigenvalue weighted by molar-refractivity contribution is 0.0528. The third-order valence-electron chi connectivity index (χ3n) is 5.41. The fourth-order valence-corrected chi connectivity index (χ4v) is 3.87. The van der Waals surface area contributed by atoms with E-state index in [1.165, 1.54) is 17.4 Å². The van der Waals surface area contributed by atoms with Gasteiger partial charge in [0.05, 0.1) is 18.5 Å². The number of hydrazine groups is 1. The van der Waals surface area contributed by atoms with Gasteiger partial charge in [0.1, 0.15) is 5.56 Å². The van der Waals surface area contributed by atoms with Crippen LogP contribution in [0.5, 0.6) is 0 Å². The molecule has 0 saturated carbocycles. The van der Waals surface area contributed by atoms with Crippen LogP contribution in [0.4, 0.5) is 11.5 Å². The molecule has 0 N–H and O–H groups in total. The lowest BCUT2D eigenvalue weighted by Crippen LogP contribution is -2.38. The minimum Gasteiger partial charge on any atom is -0.462 e. The van der Waals surface area contributed by atoms with Crippen LogP contribution in [0.15, 0.2) is 42.7 Å². The van der Waals surface area contributed by atoms with Crippen molar-refractivity contribution in [3.05, 3.63) is 53.9 Å². The summed E-state index contributed by atoms with van der Waals surface area (Å²) < 4.78 is 6.77. The number of benzene rings is 1. The molecule has 0 unspecified atom stereocenters. The lowest BCUT2D eigenvalue weighted by Gasteiger charge is -2.32. The molecule has 0 aliphatic carbocycles. The Labute approximate surface area is 177 Å². The number of carbonyl (C=O) groups is 1. The van der Waals surface area contributed by atoms with Crippen molar-refractivity contribution in [1.82, 2.24) is 14.6 Å². The molecule has 1 saturated heterocycles. The molecule has 3 heterocycles. The Kier molecular flexibility index (Phi) is 5.88. The highest BCUT2D eigenvalue weighted by molar-refractivity contribution is 5.95. The van der Waals surface area contributed by atoms with Crippen LogP contribution in [-0.4, -0.2) is 40.3 Å². The van der Waals surface area contributed by atoms with E-state index in [4.69, 9.17) is 9.72 Å². The number of nitrogens with zero attached hydrogens (tertiary/aromatic N) is 5. The maximum atomic E-state index is 12.3. The molecular formula is C23H29N5O2. The summed E-state index contributed by atoms with van der Waals surface area (Å²) in [7, 11) is 0. The minimum absolute atomic E-state index is 0.322. The fourth-order valence-electron chi connectivity index (χ4n) is 3.87. The molecule has 4 rings (SSSR count). The smallest absolute Gasteiger partial charge is 0.343 e. The van der Waals surface area contributed by atoms with Gasteiger partial charge in [-0.15, -0.1) is 0 Å². The first-order valence-electron chi connectivity index (χ1n) is 10.7. The molecule has 0 radical (unpaired) electrons. The van der Waals surface area contributed by atoms with Crippen LogP contribution in [-0.2, 0) is 11.2 Å². The Morgan fingerprint density at radius 1 is 1.17 bits per heavy atom. The average molecular weight is 408 g/mol. The van der Waals surface area contributed by atoms with E-state index >= 15 is 0 Å². The van der Waals surface area contributed by atoms with Gasteiger partial charge in [-0.1, -0.05) is 32.0 Å². The second-order valence-electron chi connectivity index (χ2n) is 7.99. The molecule has 1 aromatic carbocycles. The van der Waals surface area contributed by atoms with Crippen LogP contribution in [0.3, 0.4) is 0 Å². The quantitative estimate of drug-likeness (QED) is 0.549. The monoisotopic (exact) mass is 407 g/mol. The van der Waals surface area contributed by atoms with Crippen molar-refractivity contribution in [2.75, 3.05) is 29.7 Å². The molecule has 3 aromatic rings. The van der Waals surface area contributed by atoms with Crippen molar-refractivity contribution in [2.45, 2.75) is 40.0 Å². The van der Waals surface area contributed by atoms with E-state index in [1.807, 2.05) is 12.3 Å². The van der Waals surface area contributed by atoms with Crippen LogP contribution in [0.2, 0.25) is 0 Å². The number of hydrogen-bond donors (Lipinski definition) is 0. The van der Waals surface area contributed by atoms with Gasteiger partial charge in [-0.25, -0.2) is 14.3 Å². The Balaban J connectivity index is 1.67. The maximum absolute atomic E-state index is 12.3. The van der Waals surface area contributed by atoms with Crippen LogP contribution >= 0.6 is 0 Å². The minimum atomic E-state index is -0.394. The van der Waals surface area contributed by atoms with Crippen LogP contribution < -0.4 is 10.0 Å². The van der Waals surface area contributed by atoms with E-state index in [-0.39, 0.29) is 0 Å². The molecule has 0 amide bonds. The topological polar surface area (TPSA) is 63.0 Å². The van der Waals surface area contributed by atoms with Gasteiger partial charge in [0, 0.05) is 25.4 Å². The lowest BCUT2D eigenvalue weighted by atomic mass is 10.0. The first-order chi connectivity index (χ1) is 14.6. The normalized spacial score (nSPS) is 14.1. The maximum Gasteiger partial charge on any atom is 0.343 e. The highest BCUT2D eigenvalue weighted by Crippen LogP contribution is 2.30. The summed E-state index contributed by atoms with van der Waals surface area (Å²) in [6.45, 7) is 8.46. The summed E-state index contributed by atoms with van der Waals surface area (Å²) in [6, 6.07) is 10.6. The molecule has 1 fully saturated rings. The fraction of sp³-hybridized carbons (Fsp3) is 0.435. The molecule has 158 valence electrons.